The van der Waals surface area contributed by atoms with Gasteiger partial charge in [0.25, 0.3) is 0 Å². The van der Waals surface area contributed by atoms with Crippen LogP contribution in [0.3, 0.4) is 0 Å². The van der Waals surface area contributed by atoms with Gasteiger partial charge in [-0.25, -0.2) is 0 Å². The van der Waals surface area contributed by atoms with Gasteiger partial charge in [0, 0.05) is 12.6 Å². The van der Waals surface area contributed by atoms with Crippen molar-refractivity contribution in [3.63, 3.8) is 0 Å². The molecule has 2 atom stereocenters. The lowest BCUT2D eigenvalue weighted by atomic mass is 9.94. The van der Waals surface area contributed by atoms with Crippen LogP contribution in [0.2, 0.25) is 0 Å². The third-order valence-electron chi connectivity index (χ3n) is 3.75. The highest BCUT2D eigenvalue weighted by molar-refractivity contribution is 5.79. The van der Waals surface area contributed by atoms with E-state index in [0.29, 0.717) is 6.54 Å². The smallest absolute Gasteiger partial charge is 0.387 e. The van der Waals surface area contributed by atoms with Crippen LogP contribution in [0.1, 0.15) is 24.1 Å². The van der Waals surface area contributed by atoms with Gasteiger partial charge in [-0.2, -0.15) is 8.78 Å². The molecule has 6 heteroatoms. The van der Waals surface area contributed by atoms with E-state index in [1.807, 2.05) is 30.3 Å². The number of halogens is 2. The Kier molecular flexibility index (Phi) is 6.26. The number of rotatable bonds is 7. The molecule has 24 heavy (non-hydrogen) atoms. The molecule has 2 rings (SSSR count). The largest absolute Gasteiger partial charge is 0.435 e. The molecular weight excluding hydrogens is 314 g/mol. The average molecular weight is 334 g/mol. The molecule has 0 aromatic heterocycles. The van der Waals surface area contributed by atoms with Gasteiger partial charge in [0.2, 0.25) is 5.91 Å². The summed E-state index contributed by atoms with van der Waals surface area (Å²) in [5, 5.41) is 2.80. The quantitative estimate of drug-likeness (QED) is 0.817. The first kappa shape index (κ1) is 17.9. The second-order valence-electron chi connectivity index (χ2n) is 5.47. The molecule has 0 fully saturated rings. The van der Waals surface area contributed by atoms with Gasteiger partial charge >= 0.3 is 6.61 Å². The maximum Gasteiger partial charge on any atom is 0.387 e. The number of hydrogen-bond donors (Lipinski definition) is 2. The van der Waals surface area contributed by atoms with E-state index in [1.54, 1.807) is 19.1 Å². The van der Waals surface area contributed by atoms with Crippen LogP contribution >= 0.6 is 0 Å². The zero-order valence-electron chi connectivity index (χ0n) is 13.3. The molecule has 0 saturated carbocycles. The van der Waals surface area contributed by atoms with Crippen molar-refractivity contribution < 1.29 is 18.3 Å². The Bertz CT molecular complexity index is 648. The fourth-order valence-corrected chi connectivity index (χ4v) is 2.27. The summed E-state index contributed by atoms with van der Waals surface area (Å²) in [5.74, 6) is -0.479. The van der Waals surface area contributed by atoms with Gasteiger partial charge in [0.15, 0.2) is 0 Å². The van der Waals surface area contributed by atoms with Crippen molar-refractivity contribution in [1.29, 1.82) is 0 Å². The second kappa shape index (κ2) is 8.40. The molecule has 128 valence electrons. The van der Waals surface area contributed by atoms with Gasteiger partial charge in [0.05, 0.1) is 5.92 Å². The van der Waals surface area contributed by atoms with Crippen LogP contribution in [0, 0.1) is 5.92 Å². The topological polar surface area (TPSA) is 64.3 Å². The molecule has 0 spiro atoms. The molecule has 2 aromatic carbocycles. The lowest BCUT2D eigenvalue weighted by Crippen LogP contribution is -2.35. The zero-order valence-corrected chi connectivity index (χ0v) is 13.3. The molecule has 0 heterocycles. The number of carbonyl (C=O) groups excluding carboxylic acids is 1. The molecule has 1 amide bonds. The van der Waals surface area contributed by atoms with Crippen molar-refractivity contribution in [3.05, 3.63) is 65.7 Å². The lowest BCUT2D eigenvalue weighted by Gasteiger charge is -2.20. The van der Waals surface area contributed by atoms with Gasteiger partial charge < -0.3 is 15.8 Å². The third-order valence-corrected chi connectivity index (χ3v) is 3.75. The van der Waals surface area contributed by atoms with Crippen molar-refractivity contribution in [3.8, 4) is 5.75 Å². The first-order chi connectivity index (χ1) is 11.5. The van der Waals surface area contributed by atoms with Crippen LogP contribution in [-0.4, -0.2) is 12.5 Å². The SMILES string of the molecule is CC(C(=O)NCc1ccc(OC(F)F)cc1)C(N)c1ccccc1. The van der Waals surface area contributed by atoms with E-state index in [0.717, 1.165) is 11.1 Å². The van der Waals surface area contributed by atoms with Gasteiger partial charge in [-0.05, 0) is 23.3 Å². The third kappa shape index (κ3) is 5.03. The molecule has 0 aliphatic carbocycles. The Balaban J connectivity index is 1.88. The second-order valence-corrected chi connectivity index (χ2v) is 5.47. The number of amides is 1. The van der Waals surface area contributed by atoms with Gasteiger partial charge in [-0.1, -0.05) is 49.4 Å². The number of nitrogens with two attached hydrogens (primary N) is 1. The number of ether oxygens (including phenoxy) is 1. The maximum absolute atomic E-state index is 12.2. The summed E-state index contributed by atoms with van der Waals surface area (Å²) < 4.78 is 28.5. The van der Waals surface area contributed by atoms with E-state index in [9.17, 15) is 13.6 Å². The lowest BCUT2D eigenvalue weighted by molar-refractivity contribution is -0.125. The van der Waals surface area contributed by atoms with E-state index >= 15 is 0 Å². The Morgan fingerprint density at radius 2 is 1.75 bits per heavy atom. The van der Waals surface area contributed by atoms with Crippen LogP contribution in [-0.2, 0) is 11.3 Å². The molecule has 0 aliphatic heterocycles. The van der Waals surface area contributed by atoms with Crippen molar-refractivity contribution in [1.82, 2.24) is 5.32 Å². The number of hydrogen-bond acceptors (Lipinski definition) is 3. The van der Waals surface area contributed by atoms with Crippen LogP contribution in [0.4, 0.5) is 8.78 Å². The first-order valence-corrected chi connectivity index (χ1v) is 7.59. The van der Waals surface area contributed by atoms with E-state index in [4.69, 9.17) is 5.73 Å². The van der Waals surface area contributed by atoms with Gasteiger partial charge in [-0.15, -0.1) is 0 Å². The number of alkyl halides is 2. The molecule has 2 unspecified atom stereocenters. The Morgan fingerprint density at radius 3 is 2.33 bits per heavy atom. The standard InChI is InChI=1S/C18H20F2N2O2/c1-12(16(21)14-5-3-2-4-6-14)17(23)22-11-13-7-9-15(10-8-13)24-18(19)20/h2-10,12,16,18H,11,21H2,1H3,(H,22,23). The predicted octanol–water partition coefficient (Wildman–Crippen LogP) is 3.24. The summed E-state index contributed by atoms with van der Waals surface area (Å²) in [7, 11) is 0. The fraction of sp³-hybridized carbons (Fsp3) is 0.278. The highest BCUT2D eigenvalue weighted by Gasteiger charge is 2.21. The normalized spacial score (nSPS) is 13.4. The molecule has 0 aliphatic rings. The van der Waals surface area contributed by atoms with E-state index in [1.165, 1.54) is 12.1 Å². The molecule has 0 radical (unpaired) electrons. The summed E-state index contributed by atoms with van der Waals surface area (Å²) in [6, 6.07) is 15.1. The first-order valence-electron chi connectivity index (χ1n) is 7.59. The monoisotopic (exact) mass is 334 g/mol. The van der Waals surface area contributed by atoms with Crippen molar-refractivity contribution in [2.45, 2.75) is 26.1 Å². The fourth-order valence-electron chi connectivity index (χ4n) is 2.27. The number of nitrogens with one attached hydrogen (secondary N) is 1. The minimum absolute atomic E-state index is 0.0829. The molecule has 2 aromatic rings. The summed E-state index contributed by atoms with van der Waals surface area (Å²) in [6.45, 7) is -0.789. The maximum atomic E-state index is 12.2. The predicted molar refractivity (Wildman–Crippen MR) is 87.5 cm³/mol. The minimum Gasteiger partial charge on any atom is -0.435 e. The van der Waals surface area contributed by atoms with Crippen molar-refractivity contribution in [2.75, 3.05) is 0 Å². The summed E-state index contributed by atoms with van der Waals surface area (Å²) in [6.07, 6.45) is 0. The summed E-state index contributed by atoms with van der Waals surface area (Å²) >= 11 is 0. The van der Waals surface area contributed by atoms with Crippen LogP contribution in [0.5, 0.6) is 5.75 Å². The zero-order chi connectivity index (χ0) is 17.5. The number of carbonyl (C=O) groups is 1. The highest BCUT2D eigenvalue weighted by atomic mass is 19.3. The van der Waals surface area contributed by atoms with E-state index < -0.39 is 18.6 Å². The Morgan fingerprint density at radius 1 is 1.12 bits per heavy atom. The Labute approximate surface area is 139 Å². The molecule has 3 N–H and O–H groups in total. The molecular formula is C18H20F2N2O2. The van der Waals surface area contributed by atoms with E-state index in [-0.39, 0.29) is 11.7 Å². The van der Waals surface area contributed by atoms with E-state index in [2.05, 4.69) is 10.1 Å². The van der Waals surface area contributed by atoms with Gasteiger partial charge in [-0.3, -0.25) is 4.79 Å². The van der Waals surface area contributed by atoms with Gasteiger partial charge in [0.1, 0.15) is 5.75 Å². The average Bonchev–Trinajstić information content (AvgIpc) is 2.60. The minimum atomic E-state index is -2.85. The van der Waals surface area contributed by atoms with Crippen molar-refractivity contribution in [2.24, 2.45) is 11.7 Å². The Hall–Kier alpha value is -2.47. The summed E-state index contributed by atoms with van der Waals surface area (Å²) in [5.41, 5.74) is 7.81. The number of benzene rings is 2. The molecule has 4 nitrogen and oxygen atoms in total. The van der Waals surface area contributed by atoms with Crippen LogP contribution in [0.25, 0.3) is 0 Å². The molecule has 0 bridgehead atoms. The highest BCUT2D eigenvalue weighted by Crippen LogP contribution is 2.19. The van der Waals surface area contributed by atoms with Crippen molar-refractivity contribution >= 4 is 5.91 Å². The summed E-state index contributed by atoms with van der Waals surface area (Å²) in [4.78, 5) is 12.2. The van der Waals surface area contributed by atoms with Crippen LogP contribution < -0.4 is 15.8 Å². The molecule has 0 saturated heterocycles. The van der Waals surface area contributed by atoms with Crippen LogP contribution in [0.15, 0.2) is 54.6 Å².